The zero-order valence-corrected chi connectivity index (χ0v) is 18.4. The first kappa shape index (κ1) is 21.5. The van der Waals surface area contributed by atoms with Crippen LogP contribution in [0.2, 0.25) is 0 Å². The summed E-state index contributed by atoms with van der Waals surface area (Å²) < 4.78 is 29.1. The Morgan fingerprint density at radius 3 is 2.71 bits per heavy atom. The number of aromatic nitrogens is 2. The number of halogens is 2. The lowest BCUT2D eigenvalue weighted by Gasteiger charge is -2.44. The molecule has 1 aromatic heterocycles. The van der Waals surface area contributed by atoms with E-state index in [0.29, 0.717) is 55.2 Å². The predicted molar refractivity (Wildman–Crippen MR) is 120 cm³/mol. The lowest BCUT2D eigenvalue weighted by Crippen LogP contribution is -2.45. The average Bonchev–Trinajstić information content (AvgIpc) is 2.78. The number of aromatic amines is 1. The number of allylic oxidation sites excluding steroid dienone is 2. The van der Waals surface area contributed by atoms with E-state index in [1.165, 1.54) is 6.07 Å². The monoisotopic (exact) mass is 428 g/mol. The van der Waals surface area contributed by atoms with E-state index in [1.807, 2.05) is 26.8 Å². The lowest BCUT2D eigenvalue weighted by atomic mass is 9.66. The van der Waals surface area contributed by atoms with E-state index in [9.17, 15) is 9.18 Å². The number of nitrogens with one attached hydrogen (secondary N) is 2. The van der Waals surface area contributed by atoms with Crippen molar-refractivity contribution >= 4 is 11.8 Å². The molecule has 0 saturated carbocycles. The largest absolute Gasteiger partial charge is 0.370 e. The Kier molecular flexibility index (Phi) is 5.86. The first-order valence-electron chi connectivity index (χ1n) is 11.1. The van der Waals surface area contributed by atoms with Crippen LogP contribution in [0.4, 0.5) is 20.5 Å². The molecule has 7 heteroatoms. The van der Waals surface area contributed by atoms with E-state index in [1.54, 1.807) is 0 Å². The van der Waals surface area contributed by atoms with E-state index in [0.717, 1.165) is 36.6 Å². The molecular formula is C24H30F2N4O. The van der Waals surface area contributed by atoms with Gasteiger partial charge in [0.15, 0.2) is 0 Å². The first-order chi connectivity index (χ1) is 14.9. The molecule has 2 N–H and O–H groups in total. The topological polar surface area (TPSA) is 61.0 Å². The fourth-order valence-corrected chi connectivity index (χ4v) is 5.15. The number of nitrogens with zero attached hydrogens (tertiary/aromatic N) is 2. The average molecular weight is 429 g/mol. The van der Waals surface area contributed by atoms with Crippen LogP contribution in [0.15, 0.2) is 28.6 Å². The molecule has 2 aromatic rings. The summed E-state index contributed by atoms with van der Waals surface area (Å²) >= 11 is 0. The number of rotatable bonds is 4. The maximum absolute atomic E-state index is 15.1. The lowest BCUT2D eigenvalue weighted by molar-refractivity contribution is 0.363. The van der Waals surface area contributed by atoms with Crippen LogP contribution < -0.4 is 15.8 Å². The number of benzene rings is 1. The summed E-state index contributed by atoms with van der Waals surface area (Å²) in [5.41, 5.74) is 2.54. The molecular weight excluding hydrogens is 398 g/mol. The normalized spacial score (nSPS) is 18.5. The van der Waals surface area contributed by atoms with Gasteiger partial charge in [-0.3, -0.25) is 9.78 Å². The number of fused-ring (bicyclic) bond motifs is 1. The van der Waals surface area contributed by atoms with Crippen LogP contribution >= 0.6 is 0 Å². The van der Waals surface area contributed by atoms with Crippen molar-refractivity contribution in [2.45, 2.75) is 58.3 Å². The number of anilines is 2. The quantitative estimate of drug-likeness (QED) is 0.706. The van der Waals surface area contributed by atoms with E-state index < -0.39 is 17.0 Å². The maximum Gasteiger partial charge on any atom is 0.257 e. The van der Waals surface area contributed by atoms with E-state index >= 15 is 4.39 Å². The molecule has 0 spiro atoms. The summed E-state index contributed by atoms with van der Waals surface area (Å²) in [6.07, 6.45) is 5.58. The van der Waals surface area contributed by atoms with Crippen LogP contribution in [-0.4, -0.2) is 29.6 Å². The highest BCUT2D eigenvalue weighted by atomic mass is 19.1. The number of H-pyrrole nitrogens is 1. The van der Waals surface area contributed by atoms with Gasteiger partial charge in [-0.25, -0.2) is 8.78 Å². The number of aryl methyl sites for hydroxylation is 1. The molecule has 0 radical (unpaired) electrons. The standard InChI is InChI=1S/C24H30F2N4O/c1-4-15(3)24(20-16(5-2)13-17(25)14-19(20)26)8-11-30(12-9-24)23-28-21-18(22(31)29-23)7-6-10-27-21/h4,13-14H,5-12H2,1-3H3,(H2,27,28,29,31)/b15-4-. The Labute approximate surface area is 181 Å². The molecule has 4 rings (SSSR count). The predicted octanol–water partition coefficient (Wildman–Crippen LogP) is 4.47. The second kappa shape index (κ2) is 8.44. The van der Waals surface area contributed by atoms with Gasteiger partial charge in [0, 0.05) is 36.7 Å². The number of hydrogen-bond donors (Lipinski definition) is 2. The van der Waals surface area contributed by atoms with Crippen LogP contribution in [0, 0.1) is 11.6 Å². The Morgan fingerprint density at radius 2 is 2.03 bits per heavy atom. The van der Waals surface area contributed by atoms with Crippen molar-refractivity contribution in [2.75, 3.05) is 29.9 Å². The van der Waals surface area contributed by atoms with Crippen molar-refractivity contribution in [1.29, 1.82) is 0 Å². The summed E-state index contributed by atoms with van der Waals surface area (Å²) in [5, 5.41) is 3.23. The highest BCUT2D eigenvalue weighted by molar-refractivity contribution is 5.51. The van der Waals surface area contributed by atoms with Crippen molar-refractivity contribution in [1.82, 2.24) is 9.97 Å². The zero-order chi connectivity index (χ0) is 22.2. The van der Waals surface area contributed by atoms with Gasteiger partial charge in [0.05, 0.1) is 5.56 Å². The van der Waals surface area contributed by atoms with Crippen LogP contribution in [0.3, 0.4) is 0 Å². The van der Waals surface area contributed by atoms with Gasteiger partial charge in [-0.05, 0) is 57.6 Å². The second-order valence-electron chi connectivity index (χ2n) is 8.56. The highest BCUT2D eigenvalue weighted by Crippen LogP contribution is 2.45. The SMILES string of the molecule is C/C=C(/C)C1(c2c(F)cc(F)cc2CC)CCN(c2nc3c(c(=O)[nH]2)CCCN3)CC1. The van der Waals surface area contributed by atoms with Gasteiger partial charge < -0.3 is 10.2 Å². The highest BCUT2D eigenvalue weighted by Gasteiger charge is 2.41. The summed E-state index contributed by atoms with van der Waals surface area (Å²) in [4.78, 5) is 22.2. The molecule has 2 aliphatic rings. The maximum atomic E-state index is 15.1. The van der Waals surface area contributed by atoms with Crippen LogP contribution in [0.5, 0.6) is 0 Å². The summed E-state index contributed by atoms with van der Waals surface area (Å²) in [6, 6.07) is 2.46. The van der Waals surface area contributed by atoms with Gasteiger partial charge in [0.2, 0.25) is 5.95 Å². The minimum atomic E-state index is -0.535. The summed E-state index contributed by atoms with van der Waals surface area (Å²) in [6.45, 7) is 7.97. The molecule has 0 unspecified atom stereocenters. The van der Waals surface area contributed by atoms with Crippen molar-refractivity contribution in [3.8, 4) is 0 Å². The van der Waals surface area contributed by atoms with E-state index in [-0.39, 0.29) is 5.56 Å². The molecule has 3 heterocycles. The molecule has 0 amide bonds. The molecule has 0 atom stereocenters. The van der Waals surface area contributed by atoms with Crippen molar-refractivity contribution in [3.63, 3.8) is 0 Å². The Bertz CT molecular complexity index is 1070. The molecule has 0 bridgehead atoms. The molecule has 2 aliphatic heterocycles. The fourth-order valence-electron chi connectivity index (χ4n) is 5.15. The van der Waals surface area contributed by atoms with Gasteiger partial charge in [0.1, 0.15) is 17.5 Å². The van der Waals surface area contributed by atoms with Crippen molar-refractivity contribution in [3.05, 3.63) is 62.5 Å². The Balaban J connectivity index is 1.69. The molecule has 166 valence electrons. The van der Waals surface area contributed by atoms with Gasteiger partial charge >= 0.3 is 0 Å². The first-order valence-corrected chi connectivity index (χ1v) is 11.1. The van der Waals surface area contributed by atoms with Crippen LogP contribution in [0.25, 0.3) is 0 Å². The smallest absolute Gasteiger partial charge is 0.257 e. The summed E-state index contributed by atoms with van der Waals surface area (Å²) in [7, 11) is 0. The third-order valence-electron chi connectivity index (χ3n) is 7.00. The zero-order valence-electron chi connectivity index (χ0n) is 18.4. The van der Waals surface area contributed by atoms with E-state index in [2.05, 4.69) is 20.2 Å². The molecule has 1 fully saturated rings. The molecule has 5 nitrogen and oxygen atoms in total. The third-order valence-corrected chi connectivity index (χ3v) is 7.00. The molecule has 1 saturated heterocycles. The fraction of sp³-hybridized carbons (Fsp3) is 0.500. The van der Waals surface area contributed by atoms with Gasteiger partial charge in [-0.15, -0.1) is 0 Å². The number of hydrogen-bond acceptors (Lipinski definition) is 4. The van der Waals surface area contributed by atoms with Crippen molar-refractivity contribution < 1.29 is 8.78 Å². The van der Waals surface area contributed by atoms with Gasteiger partial charge in [-0.1, -0.05) is 18.6 Å². The molecule has 0 aliphatic carbocycles. The Hall–Kier alpha value is -2.70. The summed E-state index contributed by atoms with van der Waals surface area (Å²) in [5.74, 6) is 0.215. The van der Waals surface area contributed by atoms with Crippen molar-refractivity contribution in [2.24, 2.45) is 0 Å². The van der Waals surface area contributed by atoms with E-state index in [4.69, 9.17) is 0 Å². The minimum Gasteiger partial charge on any atom is -0.370 e. The van der Waals surface area contributed by atoms with Crippen LogP contribution in [-0.2, 0) is 18.3 Å². The second-order valence-corrected chi connectivity index (χ2v) is 8.56. The number of piperidine rings is 1. The van der Waals surface area contributed by atoms with Gasteiger partial charge in [0.25, 0.3) is 5.56 Å². The van der Waals surface area contributed by atoms with Gasteiger partial charge in [-0.2, -0.15) is 4.98 Å². The Morgan fingerprint density at radius 1 is 1.29 bits per heavy atom. The molecule has 1 aromatic carbocycles. The molecule has 31 heavy (non-hydrogen) atoms. The third kappa shape index (κ3) is 3.75. The minimum absolute atomic E-state index is 0.0912. The van der Waals surface area contributed by atoms with Crippen LogP contribution in [0.1, 0.15) is 56.7 Å².